The van der Waals surface area contributed by atoms with Gasteiger partial charge in [-0.1, -0.05) is 30.3 Å². The van der Waals surface area contributed by atoms with Gasteiger partial charge < -0.3 is 20.4 Å². The number of fused-ring (bicyclic) bond motifs is 2. The van der Waals surface area contributed by atoms with Crippen LogP contribution in [0.3, 0.4) is 0 Å². The van der Waals surface area contributed by atoms with Crippen molar-refractivity contribution in [1.82, 2.24) is 41.2 Å². The molecule has 0 radical (unpaired) electrons. The van der Waals surface area contributed by atoms with Crippen LogP contribution < -0.4 is 31.3 Å². The summed E-state index contributed by atoms with van der Waals surface area (Å²) in [6.45, 7) is 3.40. The second-order valence-electron chi connectivity index (χ2n) is 12.1. The standard InChI is InChI=1S/C33H32N10O4/c1-17-21-8-9-24(23(21)7-6-22(17)31-38-40-41-39-31)37-33(47)26-13-25(35-16-36-26)32(46)34-14-18-4-5-19-10-11-43(15-20(19)12-18)28-27(42(2)3)29(44)30(28)45/h4-7,12-13,16,24H,8-11,14-15H2,1-3H3,(H,34,46)(H,37,47)(H,38,39,40,41)/t24-/m0/s1. The molecule has 3 heterocycles. The van der Waals surface area contributed by atoms with E-state index in [0.717, 1.165) is 52.6 Å². The van der Waals surface area contributed by atoms with Crippen molar-refractivity contribution < 1.29 is 9.59 Å². The van der Waals surface area contributed by atoms with E-state index in [1.807, 2.05) is 42.2 Å². The van der Waals surface area contributed by atoms with E-state index < -0.39 is 22.7 Å². The zero-order chi connectivity index (χ0) is 32.8. The summed E-state index contributed by atoms with van der Waals surface area (Å²) in [7, 11) is 3.52. The predicted molar refractivity (Wildman–Crippen MR) is 173 cm³/mol. The molecular weight excluding hydrogens is 600 g/mol. The van der Waals surface area contributed by atoms with E-state index in [-0.39, 0.29) is 24.0 Å². The number of carbonyl (C=O) groups is 2. The van der Waals surface area contributed by atoms with E-state index in [9.17, 15) is 19.2 Å². The van der Waals surface area contributed by atoms with Gasteiger partial charge in [0, 0.05) is 45.4 Å². The van der Waals surface area contributed by atoms with Crippen molar-refractivity contribution in [1.29, 1.82) is 0 Å². The Morgan fingerprint density at radius 1 is 1.00 bits per heavy atom. The number of rotatable bonds is 8. The SMILES string of the molecule is Cc1c(-c2nn[nH]n2)ccc2c1CC[C@@H]2NC(=O)c1cc(C(=O)NCc2ccc3c(c2)CN(c2c(N(C)C)c(=O)c2=O)CC3)ncn1. The van der Waals surface area contributed by atoms with E-state index in [2.05, 4.69) is 41.2 Å². The van der Waals surface area contributed by atoms with Crippen molar-refractivity contribution in [2.45, 2.75) is 45.3 Å². The van der Waals surface area contributed by atoms with Gasteiger partial charge in [-0.15, -0.1) is 10.2 Å². The number of nitrogens with zero attached hydrogens (tertiary/aromatic N) is 7. The molecule has 5 aromatic rings. The molecule has 7 rings (SSSR count). The third-order valence-electron chi connectivity index (χ3n) is 9.08. The average molecular weight is 633 g/mol. The average Bonchev–Trinajstić information content (AvgIpc) is 3.76. The first-order chi connectivity index (χ1) is 22.7. The number of anilines is 2. The fourth-order valence-corrected chi connectivity index (χ4v) is 6.65. The Balaban J connectivity index is 0.993. The molecule has 2 amide bonds. The lowest BCUT2D eigenvalue weighted by Crippen LogP contribution is -2.46. The zero-order valence-electron chi connectivity index (χ0n) is 26.1. The molecule has 238 valence electrons. The second kappa shape index (κ2) is 11.9. The smallest absolute Gasteiger partial charge is 0.270 e. The summed E-state index contributed by atoms with van der Waals surface area (Å²) in [4.78, 5) is 62.6. The lowest BCUT2D eigenvalue weighted by atomic mass is 9.96. The summed E-state index contributed by atoms with van der Waals surface area (Å²) < 4.78 is 0. The van der Waals surface area contributed by atoms with Crippen LogP contribution in [0.5, 0.6) is 0 Å². The largest absolute Gasteiger partial charge is 0.373 e. The number of tetrazole rings is 1. The summed E-state index contributed by atoms with van der Waals surface area (Å²) in [5, 5.41) is 20.2. The van der Waals surface area contributed by atoms with Crippen LogP contribution in [0.15, 0.2) is 52.3 Å². The third kappa shape index (κ3) is 5.41. The highest BCUT2D eigenvalue weighted by molar-refractivity contribution is 5.97. The first kappa shape index (κ1) is 29.9. The fraction of sp³-hybridized carbons (Fsp3) is 0.303. The molecule has 2 aliphatic rings. The van der Waals surface area contributed by atoms with Crippen molar-refractivity contribution in [3.63, 3.8) is 0 Å². The molecule has 1 atom stereocenters. The minimum atomic E-state index is -0.451. The lowest BCUT2D eigenvalue weighted by Gasteiger charge is -2.34. The van der Waals surface area contributed by atoms with E-state index >= 15 is 0 Å². The first-order valence-corrected chi connectivity index (χ1v) is 15.3. The maximum atomic E-state index is 13.2. The summed E-state index contributed by atoms with van der Waals surface area (Å²) in [5.41, 5.74) is 7.41. The van der Waals surface area contributed by atoms with E-state index in [4.69, 9.17) is 0 Å². The van der Waals surface area contributed by atoms with Gasteiger partial charge >= 0.3 is 0 Å². The molecule has 14 heteroatoms. The maximum Gasteiger partial charge on any atom is 0.270 e. The molecule has 3 N–H and O–H groups in total. The van der Waals surface area contributed by atoms with E-state index in [1.54, 1.807) is 19.0 Å². The molecule has 1 aliphatic carbocycles. The van der Waals surface area contributed by atoms with Gasteiger partial charge in [0.2, 0.25) is 5.82 Å². The van der Waals surface area contributed by atoms with Gasteiger partial charge in [-0.3, -0.25) is 19.2 Å². The zero-order valence-corrected chi connectivity index (χ0v) is 26.1. The molecular formula is C33H32N10O4. The lowest BCUT2D eigenvalue weighted by molar-refractivity contribution is 0.0931. The van der Waals surface area contributed by atoms with Gasteiger partial charge in [0.1, 0.15) is 29.1 Å². The molecule has 47 heavy (non-hydrogen) atoms. The fourth-order valence-electron chi connectivity index (χ4n) is 6.65. The molecule has 0 unspecified atom stereocenters. The maximum absolute atomic E-state index is 13.2. The minimum Gasteiger partial charge on any atom is -0.373 e. The Labute approximate surface area is 268 Å². The summed E-state index contributed by atoms with van der Waals surface area (Å²) >= 11 is 0. The number of aromatic amines is 1. The van der Waals surface area contributed by atoms with Crippen molar-refractivity contribution >= 4 is 23.2 Å². The van der Waals surface area contributed by atoms with Crippen molar-refractivity contribution in [2.75, 3.05) is 30.4 Å². The van der Waals surface area contributed by atoms with Gasteiger partial charge in [-0.2, -0.15) is 5.21 Å². The highest BCUT2D eigenvalue weighted by atomic mass is 16.2. The van der Waals surface area contributed by atoms with E-state index in [1.165, 1.54) is 18.0 Å². The second-order valence-corrected chi connectivity index (χ2v) is 12.1. The highest BCUT2D eigenvalue weighted by Crippen LogP contribution is 2.37. The van der Waals surface area contributed by atoms with Crippen LogP contribution in [0.4, 0.5) is 11.4 Å². The number of hydrogen-bond donors (Lipinski definition) is 3. The van der Waals surface area contributed by atoms with Crippen LogP contribution in [-0.4, -0.2) is 63.0 Å². The number of H-pyrrole nitrogens is 1. The Bertz CT molecular complexity index is 2100. The minimum absolute atomic E-state index is 0.0815. The highest BCUT2D eigenvalue weighted by Gasteiger charge is 2.30. The number of hydrogen-bond acceptors (Lipinski definition) is 11. The first-order valence-electron chi connectivity index (χ1n) is 15.3. The monoisotopic (exact) mass is 632 g/mol. The van der Waals surface area contributed by atoms with Gasteiger partial charge in [-0.25, -0.2) is 9.97 Å². The Morgan fingerprint density at radius 3 is 2.57 bits per heavy atom. The van der Waals surface area contributed by atoms with Crippen molar-refractivity contribution in [3.8, 4) is 11.4 Å². The van der Waals surface area contributed by atoms with Crippen LogP contribution >= 0.6 is 0 Å². The molecule has 0 spiro atoms. The molecule has 0 saturated carbocycles. The summed E-state index contributed by atoms with van der Waals surface area (Å²) in [6.07, 6.45) is 3.48. The Hall–Kier alpha value is -5.79. The predicted octanol–water partition coefficient (Wildman–Crippen LogP) is 1.54. The normalized spacial score (nSPS) is 15.3. The summed E-state index contributed by atoms with van der Waals surface area (Å²) in [5.74, 6) is -0.298. The molecule has 0 bridgehead atoms. The van der Waals surface area contributed by atoms with Crippen molar-refractivity contribution in [2.24, 2.45) is 0 Å². The van der Waals surface area contributed by atoms with Crippen LogP contribution in [0.25, 0.3) is 11.4 Å². The number of carbonyl (C=O) groups excluding carboxylic acids is 2. The van der Waals surface area contributed by atoms with Crippen LogP contribution in [0.1, 0.15) is 66.8 Å². The van der Waals surface area contributed by atoms with Crippen molar-refractivity contribution in [3.05, 3.63) is 108 Å². The molecule has 0 fully saturated rings. The van der Waals surface area contributed by atoms with Gasteiger partial charge in [0.05, 0.1) is 6.04 Å². The quantitative estimate of drug-likeness (QED) is 0.211. The van der Waals surface area contributed by atoms with Gasteiger partial charge in [0.15, 0.2) is 0 Å². The molecule has 2 aromatic heterocycles. The molecule has 1 aliphatic heterocycles. The topological polar surface area (TPSA) is 179 Å². The Morgan fingerprint density at radius 2 is 1.81 bits per heavy atom. The molecule has 14 nitrogen and oxygen atoms in total. The van der Waals surface area contributed by atoms with Crippen LogP contribution in [-0.2, 0) is 25.9 Å². The Kier molecular flexibility index (Phi) is 7.54. The number of benzene rings is 2. The summed E-state index contributed by atoms with van der Waals surface area (Å²) in [6, 6.07) is 11.1. The van der Waals surface area contributed by atoms with Gasteiger partial charge in [0.25, 0.3) is 22.7 Å². The molecule has 0 saturated heterocycles. The third-order valence-corrected chi connectivity index (χ3v) is 9.08. The number of nitrogens with one attached hydrogen (secondary N) is 3. The van der Waals surface area contributed by atoms with Crippen LogP contribution in [0, 0.1) is 6.92 Å². The number of amides is 2. The van der Waals surface area contributed by atoms with Crippen LogP contribution in [0.2, 0.25) is 0 Å². The van der Waals surface area contributed by atoms with Gasteiger partial charge in [-0.05, 0) is 64.8 Å². The number of aromatic nitrogens is 6. The van der Waals surface area contributed by atoms with E-state index in [0.29, 0.717) is 30.3 Å². The molecule has 3 aromatic carbocycles.